The molecular weight excluding hydrogens is 295 g/mol. The molecule has 0 fully saturated rings. The number of pyridine rings is 1. The Balaban J connectivity index is 1.93. The Hall–Kier alpha value is -2.43. The van der Waals surface area contributed by atoms with E-state index in [1.165, 1.54) is 18.3 Å². The van der Waals surface area contributed by atoms with Gasteiger partial charge in [-0.05, 0) is 36.6 Å². The number of amides is 1. The summed E-state index contributed by atoms with van der Waals surface area (Å²) in [5.74, 6) is 0.296. The molecular formula is C18H21FN2O2. The molecule has 0 saturated carbocycles. The summed E-state index contributed by atoms with van der Waals surface area (Å²) in [6.45, 7) is 6.28. The lowest BCUT2D eigenvalue weighted by atomic mass is 10.1. The van der Waals surface area contributed by atoms with Crippen molar-refractivity contribution in [1.29, 1.82) is 0 Å². The molecule has 0 aliphatic carbocycles. The average Bonchev–Trinajstić information content (AvgIpc) is 2.53. The monoisotopic (exact) mass is 316 g/mol. The Labute approximate surface area is 135 Å². The van der Waals surface area contributed by atoms with Gasteiger partial charge in [0.25, 0.3) is 5.91 Å². The van der Waals surface area contributed by atoms with Gasteiger partial charge in [-0.15, -0.1) is 0 Å². The highest BCUT2D eigenvalue weighted by Crippen LogP contribution is 2.12. The largest absolute Gasteiger partial charge is 0.473 e. The molecule has 0 saturated heterocycles. The van der Waals surface area contributed by atoms with Crippen molar-refractivity contribution in [3.05, 3.63) is 59.5 Å². The van der Waals surface area contributed by atoms with Crippen LogP contribution in [0, 0.1) is 11.7 Å². The second kappa shape index (κ2) is 7.72. The maximum absolute atomic E-state index is 13.1. The zero-order valence-corrected chi connectivity index (χ0v) is 13.5. The number of carbonyl (C=O) groups excluding carboxylic acids is 1. The van der Waals surface area contributed by atoms with Crippen LogP contribution in [0.1, 0.15) is 36.7 Å². The van der Waals surface area contributed by atoms with Gasteiger partial charge in [-0.25, -0.2) is 9.37 Å². The summed E-state index contributed by atoms with van der Waals surface area (Å²) in [4.78, 5) is 16.2. The topological polar surface area (TPSA) is 51.2 Å². The molecule has 122 valence electrons. The van der Waals surface area contributed by atoms with Crippen LogP contribution in [0.5, 0.6) is 5.88 Å². The van der Waals surface area contributed by atoms with E-state index in [9.17, 15) is 9.18 Å². The molecule has 1 amide bonds. The van der Waals surface area contributed by atoms with Crippen LogP contribution in [0.3, 0.4) is 0 Å². The predicted molar refractivity (Wildman–Crippen MR) is 86.7 cm³/mol. The van der Waals surface area contributed by atoms with Crippen molar-refractivity contribution in [3.8, 4) is 5.88 Å². The van der Waals surface area contributed by atoms with E-state index in [1.54, 1.807) is 24.3 Å². The third-order valence-electron chi connectivity index (χ3n) is 3.63. The molecule has 1 N–H and O–H groups in total. The van der Waals surface area contributed by atoms with E-state index in [1.807, 2.05) is 20.8 Å². The van der Waals surface area contributed by atoms with E-state index in [-0.39, 0.29) is 24.4 Å². The molecule has 1 aromatic carbocycles. The summed E-state index contributed by atoms with van der Waals surface area (Å²) in [5.41, 5.74) is 1.20. The molecule has 2 aromatic rings. The average molecular weight is 316 g/mol. The molecule has 1 atom stereocenters. The van der Waals surface area contributed by atoms with Crippen LogP contribution in [-0.4, -0.2) is 16.9 Å². The van der Waals surface area contributed by atoms with Crippen LogP contribution >= 0.6 is 0 Å². The molecule has 2 rings (SSSR count). The Kier molecular flexibility index (Phi) is 5.68. The van der Waals surface area contributed by atoms with Crippen molar-refractivity contribution < 1.29 is 13.9 Å². The molecule has 0 bridgehead atoms. The van der Waals surface area contributed by atoms with Gasteiger partial charge in [0.2, 0.25) is 5.88 Å². The van der Waals surface area contributed by atoms with Crippen LogP contribution in [0.4, 0.5) is 4.39 Å². The number of hydrogen-bond acceptors (Lipinski definition) is 3. The highest BCUT2D eigenvalue weighted by atomic mass is 19.1. The van der Waals surface area contributed by atoms with Crippen molar-refractivity contribution in [2.75, 3.05) is 0 Å². The molecule has 0 unspecified atom stereocenters. The number of carbonyl (C=O) groups is 1. The SMILES string of the molecule is CC(C)[C@@H](C)NC(=O)c1ccc(OCc2cccc(F)c2)nc1. The van der Waals surface area contributed by atoms with Gasteiger partial charge in [0.1, 0.15) is 12.4 Å². The molecule has 1 aromatic heterocycles. The van der Waals surface area contributed by atoms with Crippen molar-refractivity contribution in [2.45, 2.75) is 33.4 Å². The van der Waals surface area contributed by atoms with Crippen molar-refractivity contribution in [3.63, 3.8) is 0 Å². The van der Waals surface area contributed by atoms with Crippen molar-refractivity contribution in [2.24, 2.45) is 5.92 Å². The highest BCUT2D eigenvalue weighted by Gasteiger charge is 2.12. The van der Waals surface area contributed by atoms with Crippen LogP contribution in [0.15, 0.2) is 42.6 Å². The van der Waals surface area contributed by atoms with Crippen molar-refractivity contribution in [1.82, 2.24) is 10.3 Å². The third kappa shape index (κ3) is 5.06. The van der Waals surface area contributed by atoms with Gasteiger partial charge >= 0.3 is 0 Å². The number of benzene rings is 1. The smallest absolute Gasteiger partial charge is 0.253 e. The minimum atomic E-state index is -0.301. The summed E-state index contributed by atoms with van der Waals surface area (Å²) >= 11 is 0. The summed E-state index contributed by atoms with van der Waals surface area (Å²) in [6.07, 6.45) is 1.48. The third-order valence-corrected chi connectivity index (χ3v) is 3.63. The number of hydrogen-bond donors (Lipinski definition) is 1. The maximum Gasteiger partial charge on any atom is 0.253 e. The number of nitrogens with one attached hydrogen (secondary N) is 1. The molecule has 5 heteroatoms. The molecule has 23 heavy (non-hydrogen) atoms. The molecule has 0 aliphatic heterocycles. The van der Waals surface area contributed by atoms with E-state index in [0.717, 1.165) is 5.56 Å². The number of nitrogens with zero attached hydrogens (tertiary/aromatic N) is 1. The van der Waals surface area contributed by atoms with E-state index in [0.29, 0.717) is 17.4 Å². The Bertz CT molecular complexity index is 656. The second-order valence-electron chi connectivity index (χ2n) is 5.81. The second-order valence-corrected chi connectivity index (χ2v) is 5.81. The first-order valence-corrected chi connectivity index (χ1v) is 7.60. The zero-order chi connectivity index (χ0) is 16.8. The number of ether oxygens (including phenoxy) is 1. The Morgan fingerprint density at radius 1 is 1.26 bits per heavy atom. The molecule has 0 spiro atoms. The predicted octanol–water partition coefficient (Wildman–Crippen LogP) is 3.57. The molecule has 0 aliphatic rings. The van der Waals surface area contributed by atoms with E-state index < -0.39 is 0 Å². The molecule has 0 radical (unpaired) electrons. The first kappa shape index (κ1) is 16.9. The highest BCUT2D eigenvalue weighted by molar-refractivity contribution is 5.94. The molecule has 4 nitrogen and oxygen atoms in total. The van der Waals surface area contributed by atoms with Gasteiger partial charge in [0, 0.05) is 18.3 Å². The zero-order valence-electron chi connectivity index (χ0n) is 13.5. The van der Waals surface area contributed by atoms with Gasteiger partial charge in [-0.1, -0.05) is 26.0 Å². The van der Waals surface area contributed by atoms with Crippen LogP contribution in [-0.2, 0) is 6.61 Å². The number of halogens is 1. The molecule has 1 heterocycles. The number of rotatable bonds is 6. The minimum Gasteiger partial charge on any atom is -0.473 e. The van der Waals surface area contributed by atoms with Gasteiger partial charge in [0.15, 0.2) is 0 Å². The van der Waals surface area contributed by atoms with Crippen LogP contribution in [0.2, 0.25) is 0 Å². The standard InChI is InChI=1S/C18H21FN2O2/c1-12(2)13(3)21-18(22)15-7-8-17(20-10-15)23-11-14-5-4-6-16(19)9-14/h4-10,12-13H,11H2,1-3H3,(H,21,22)/t13-/m1/s1. The van der Waals surface area contributed by atoms with E-state index >= 15 is 0 Å². The summed E-state index contributed by atoms with van der Waals surface area (Å²) in [6, 6.07) is 9.59. The van der Waals surface area contributed by atoms with Crippen LogP contribution < -0.4 is 10.1 Å². The van der Waals surface area contributed by atoms with Crippen molar-refractivity contribution >= 4 is 5.91 Å². The minimum absolute atomic E-state index is 0.0893. The quantitative estimate of drug-likeness (QED) is 0.886. The van der Waals surface area contributed by atoms with Gasteiger partial charge in [0.05, 0.1) is 5.56 Å². The van der Waals surface area contributed by atoms with Gasteiger partial charge < -0.3 is 10.1 Å². The van der Waals surface area contributed by atoms with Gasteiger partial charge in [-0.3, -0.25) is 4.79 Å². The fourth-order valence-corrected chi connectivity index (χ4v) is 1.84. The lowest BCUT2D eigenvalue weighted by molar-refractivity contribution is 0.0930. The Morgan fingerprint density at radius 3 is 2.65 bits per heavy atom. The summed E-state index contributed by atoms with van der Waals surface area (Å²) < 4.78 is 18.6. The first-order valence-electron chi connectivity index (χ1n) is 7.60. The van der Waals surface area contributed by atoms with Gasteiger partial charge in [-0.2, -0.15) is 0 Å². The number of aromatic nitrogens is 1. The van der Waals surface area contributed by atoms with E-state index in [2.05, 4.69) is 10.3 Å². The van der Waals surface area contributed by atoms with Crippen LogP contribution in [0.25, 0.3) is 0 Å². The normalized spacial score (nSPS) is 12.0. The fourth-order valence-electron chi connectivity index (χ4n) is 1.84. The Morgan fingerprint density at radius 2 is 2.04 bits per heavy atom. The lowest BCUT2D eigenvalue weighted by Crippen LogP contribution is -2.36. The maximum atomic E-state index is 13.1. The lowest BCUT2D eigenvalue weighted by Gasteiger charge is -2.17. The summed E-state index contributed by atoms with van der Waals surface area (Å²) in [7, 11) is 0. The summed E-state index contributed by atoms with van der Waals surface area (Å²) in [5, 5.41) is 2.92. The van der Waals surface area contributed by atoms with E-state index in [4.69, 9.17) is 4.74 Å². The fraction of sp³-hybridized carbons (Fsp3) is 0.333. The first-order chi connectivity index (χ1) is 11.0.